The minimum Gasteiger partial charge on any atom is -0.394 e. The highest BCUT2D eigenvalue weighted by atomic mass is 16.8. The Labute approximate surface area is 351 Å². The molecule has 17 N–H and O–H groups in total. The van der Waals surface area contributed by atoms with Crippen LogP contribution in [0.2, 0.25) is 0 Å². The third-order valence-corrected chi connectivity index (χ3v) is 11.1. The summed E-state index contributed by atoms with van der Waals surface area (Å²) in [5.74, 6) is -1.49. The molecule has 0 saturated carbocycles. The lowest BCUT2D eigenvalue weighted by Crippen LogP contribution is -2.70. The zero-order valence-corrected chi connectivity index (χ0v) is 33.2. The number of nitrogens with one attached hydrogen (secondary N) is 2. The molecule has 2 amide bonds. The Morgan fingerprint density at radius 1 is 0.419 bits per heavy atom. The number of hydrogen-bond acceptors (Lipinski definition) is 26. The van der Waals surface area contributed by atoms with Gasteiger partial charge >= 0.3 is 0 Å². The van der Waals surface area contributed by atoms with Crippen molar-refractivity contribution in [1.29, 1.82) is 0 Å². The summed E-state index contributed by atoms with van der Waals surface area (Å²) in [6.45, 7) is -2.31. The minimum atomic E-state index is -2.18. The molecule has 0 aromatic rings. The van der Waals surface area contributed by atoms with Crippen molar-refractivity contribution in [2.75, 3.05) is 33.0 Å². The van der Waals surface area contributed by atoms with E-state index in [1.54, 1.807) is 0 Å². The lowest BCUT2D eigenvalue weighted by molar-refractivity contribution is -0.384. The molecule has 62 heavy (non-hydrogen) atoms. The molecule has 28 nitrogen and oxygen atoms in total. The normalized spacial score (nSPS) is 49.0. The van der Waals surface area contributed by atoms with E-state index in [2.05, 4.69) is 10.6 Å². The van der Waals surface area contributed by atoms with Crippen LogP contribution in [0.1, 0.15) is 13.8 Å². The highest BCUT2D eigenvalue weighted by Gasteiger charge is 2.56. The molecule has 5 rings (SSSR count). The highest BCUT2D eigenvalue weighted by molar-refractivity contribution is 5.73. The summed E-state index contributed by atoms with van der Waals surface area (Å²) < 4.78 is 50.8. The van der Waals surface area contributed by atoms with Crippen molar-refractivity contribution in [2.24, 2.45) is 0 Å². The first kappa shape index (κ1) is 51.0. The Bertz CT molecular complexity index is 1440. The van der Waals surface area contributed by atoms with Gasteiger partial charge in [-0.3, -0.25) is 9.59 Å². The SMILES string of the molecule is CC(=O)N[C@@H]1[C@H](O[C@H]2[C@H](O)[C@@H](NC(C)=O)[C@@H](O)O[C@@H]2CO)O[C@@H](CO)[C@H](O[C@H]2O[C@H](CO[C@H]3O[C@H](CO)[C@@H](O)[C@H](O)[C@@H]3O)[C@@H](O)[C@H](O[C@@H]3O[C@H](CO)[C@@H](O)[C@H](O)[C@@H]3O)[C@@H]2O)[C@H]1O. The van der Waals surface area contributed by atoms with Crippen molar-refractivity contribution < 1.29 is 129 Å². The second kappa shape index (κ2) is 22.0. The van der Waals surface area contributed by atoms with Crippen LogP contribution in [0.5, 0.6) is 0 Å². The van der Waals surface area contributed by atoms with Crippen molar-refractivity contribution in [3.63, 3.8) is 0 Å². The average molecular weight is 911 g/mol. The van der Waals surface area contributed by atoms with Crippen LogP contribution < -0.4 is 10.6 Å². The van der Waals surface area contributed by atoms with Crippen LogP contribution in [0.15, 0.2) is 0 Å². The first-order valence-electron chi connectivity index (χ1n) is 19.6. The molecule has 360 valence electrons. The summed E-state index contributed by atoms with van der Waals surface area (Å²) in [7, 11) is 0. The second-order valence-electron chi connectivity index (χ2n) is 15.5. The molecular formula is C34H58N2O26. The second-order valence-corrected chi connectivity index (χ2v) is 15.5. The zero-order valence-electron chi connectivity index (χ0n) is 33.2. The lowest BCUT2D eigenvalue weighted by atomic mass is 9.94. The van der Waals surface area contributed by atoms with E-state index in [1.807, 2.05) is 0 Å². The molecular weight excluding hydrogens is 852 g/mol. The highest BCUT2D eigenvalue weighted by Crippen LogP contribution is 2.35. The summed E-state index contributed by atoms with van der Waals surface area (Å²) in [4.78, 5) is 24.2. The van der Waals surface area contributed by atoms with Crippen molar-refractivity contribution in [3.05, 3.63) is 0 Å². The van der Waals surface area contributed by atoms with Crippen LogP contribution in [-0.2, 0) is 52.2 Å². The number of ether oxygens (including phenoxy) is 9. The smallest absolute Gasteiger partial charge is 0.217 e. The van der Waals surface area contributed by atoms with E-state index in [0.717, 1.165) is 13.8 Å². The predicted octanol–water partition coefficient (Wildman–Crippen LogP) is -11.6. The molecule has 0 unspecified atom stereocenters. The fraction of sp³-hybridized carbons (Fsp3) is 0.941. The van der Waals surface area contributed by atoms with Gasteiger partial charge in [-0.2, -0.15) is 0 Å². The largest absolute Gasteiger partial charge is 0.394 e. The number of rotatable bonds is 15. The van der Waals surface area contributed by atoms with Gasteiger partial charge < -0.3 is 130 Å². The van der Waals surface area contributed by atoms with Gasteiger partial charge in [0.2, 0.25) is 11.8 Å². The number of carbonyl (C=O) groups excluding carboxylic acids is 2. The predicted molar refractivity (Wildman–Crippen MR) is 190 cm³/mol. The summed E-state index contributed by atoms with van der Waals surface area (Å²) in [6, 6.07) is -3.19. The molecule has 0 aromatic heterocycles. The maximum atomic E-state index is 12.4. The first-order valence-corrected chi connectivity index (χ1v) is 19.6. The molecule has 0 aromatic carbocycles. The summed E-state index contributed by atoms with van der Waals surface area (Å²) in [5.41, 5.74) is 0. The molecule has 5 fully saturated rings. The molecule has 25 atom stereocenters. The van der Waals surface area contributed by atoms with Crippen LogP contribution in [0.25, 0.3) is 0 Å². The standard InChI is InChI=1S/C34H58N2O26/c1-8(41)35-15-20(46)27(12(5-39)55-30(15)53)60-31-16(36-9(2)42)21(47)28(13(6-40)58-31)61-34-26(52)29(62-33-25(51)23(49)18(44)11(4-38)57-33)19(45)14(59-34)7-54-32-24(50)22(48)17(43)10(3-37)56-32/h10-34,37-40,43-53H,3-7H2,1-2H3,(H,35,41)(H,36,42)/t10-,11-,12-,13+,14-,15-,16+,17-,18-,19-,20-,21+,22+,23+,24+,25+,26+,27-,28+,29+,30+,31+,32+,33+,34-/m1/s1. The average Bonchev–Trinajstić information content (AvgIpc) is 3.23. The van der Waals surface area contributed by atoms with Gasteiger partial charge in [-0.05, 0) is 0 Å². The Morgan fingerprint density at radius 2 is 0.823 bits per heavy atom. The quantitative estimate of drug-likeness (QED) is 0.0725. The molecule has 5 saturated heterocycles. The maximum Gasteiger partial charge on any atom is 0.217 e. The third kappa shape index (κ3) is 11.0. The molecule has 0 bridgehead atoms. The first-order chi connectivity index (χ1) is 29.3. The maximum absolute atomic E-state index is 12.4. The van der Waals surface area contributed by atoms with Gasteiger partial charge in [0.05, 0.1) is 33.0 Å². The monoisotopic (exact) mass is 910 g/mol. The fourth-order valence-corrected chi connectivity index (χ4v) is 7.73. The molecule has 0 aliphatic carbocycles. The van der Waals surface area contributed by atoms with Crippen LogP contribution in [0, 0.1) is 0 Å². The number of carbonyl (C=O) groups is 2. The molecule has 5 aliphatic rings. The molecule has 0 spiro atoms. The van der Waals surface area contributed by atoms with E-state index < -0.39 is 198 Å². The lowest BCUT2D eigenvalue weighted by Gasteiger charge is -2.50. The Balaban J connectivity index is 1.41. The van der Waals surface area contributed by atoms with Crippen molar-refractivity contribution in [1.82, 2.24) is 10.6 Å². The van der Waals surface area contributed by atoms with Crippen LogP contribution in [-0.4, -0.2) is 275 Å². The van der Waals surface area contributed by atoms with Crippen LogP contribution in [0.4, 0.5) is 0 Å². The van der Waals surface area contributed by atoms with Gasteiger partial charge in [-0.15, -0.1) is 0 Å². The summed E-state index contributed by atoms with van der Waals surface area (Å²) in [6.07, 6.45) is -42.3. The van der Waals surface area contributed by atoms with Crippen molar-refractivity contribution in [2.45, 2.75) is 167 Å². The van der Waals surface area contributed by atoms with E-state index in [0.29, 0.717) is 0 Å². The number of aliphatic hydroxyl groups excluding tert-OH is 15. The molecule has 0 radical (unpaired) electrons. The Morgan fingerprint density at radius 3 is 1.35 bits per heavy atom. The van der Waals surface area contributed by atoms with E-state index in [-0.39, 0.29) is 0 Å². The van der Waals surface area contributed by atoms with Gasteiger partial charge in [0.15, 0.2) is 31.5 Å². The number of amides is 2. The molecule has 5 aliphatic heterocycles. The van der Waals surface area contributed by atoms with Crippen molar-refractivity contribution >= 4 is 11.8 Å². The van der Waals surface area contributed by atoms with E-state index in [4.69, 9.17) is 42.6 Å². The Kier molecular flexibility index (Phi) is 18.1. The fourth-order valence-electron chi connectivity index (χ4n) is 7.73. The zero-order chi connectivity index (χ0) is 45.9. The van der Waals surface area contributed by atoms with Crippen LogP contribution in [0.3, 0.4) is 0 Å². The topological polar surface area (TPSA) is 445 Å². The number of hydrogen-bond donors (Lipinski definition) is 17. The number of aliphatic hydroxyl groups is 15. The van der Waals surface area contributed by atoms with Crippen molar-refractivity contribution in [3.8, 4) is 0 Å². The summed E-state index contributed by atoms with van der Waals surface area (Å²) in [5, 5.41) is 163. The van der Waals surface area contributed by atoms with Gasteiger partial charge in [-0.1, -0.05) is 0 Å². The summed E-state index contributed by atoms with van der Waals surface area (Å²) >= 11 is 0. The van der Waals surface area contributed by atoms with Crippen LogP contribution >= 0.6 is 0 Å². The van der Waals surface area contributed by atoms with E-state index in [9.17, 15) is 86.2 Å². The third-order valence-electron chi connectivity index (χ3n) is 11.1. The van der Waals surface area contributed by atoms with Gasteiger partial charge in [0, 0.05) is 13.8 Å². The Hall–Kier alpha value is -2.02. The van der Waals surface area contributed by atoms with Gasteiger partial charge in [0.25, 0.3) is 0 Å². The minimum absolute atomic E-state index is 0.693. The van der Waals surface area contributed by atoms with Gasteiger partial charge in [-0.25, -0.2) is 0 Å². The molecule has 5 heterocycles. The van der Waals surface area contributed by atoms with E-state index in [1.165, 1.54) is 0 Å². The van der Waals surface area contributed by atoms with Gasteiger partial charge in [0.1, 0.15) is 122 Å². The van der Waals surface area contributed by atoms with E-state index >= 15 is 0 Å². The molecule has 28 heteroatoms.